The van der Waals surface area contributed by atoms with Crippen LogP contribution in [-0.4, -0.2) is 16.6 Å². The Morgan fingerprint density at radius 1 is 1.23 bits per heavy atom. The highest BCUT2D eigenvalue weighted by Crippen LogP contribution is 2.20. The van der Waals surface area contributed by atoms with E-state index in [4.69, 9.17) is 5.73 Å². The molecule has 0 spiro atoms. The van der Waals surface area contributed by atoms with Crippen molar-refractivity contribution < 1.29 is 9.59 Å². The normalized spacial score (nSPS) is 14.5. The molecule has 0 bridgehead atoms. The van der Waals surface area contributed by atoms with Gasteiger partial charge in [0.15, 0.2) is 0 Å². The smallest absolute Gasteiger partial charge is 0.237 e. The van der Waals surface area contributed by atoms with Gasteiger partial charge in [-0.1, -0.05) is 0 Å². The molecule has 0 saturated carbocycles. The molecule has 1 aromatic heterocycles. The van der Waals surface area contributed by atoms with Crippen LogP contribution in [0.4, 0.5) is 5.69 Å². The molecule has 2 N–H and O–H groups in total. The largest absolute Gasteiger partial charge is 0.398 e. The lowest BCUT2D eigenvalue weighted by atomic mass is 9.98. The second-order valence-electron chi connectivity index (χ2n) is 2.69. The topological polar surface area (TPSA) is 73.0 Å². The van der Waals surface area contributed by atoms with Gasteiger partial charge in [-0.15, -0.1) is 0 Å². The lowest BCUT2D eigenvalue weighted by Gasteiger charge is -2.08. The summed E-state index contributed by atoms with van der Waals surface area (Å²) in [7, 11) is 0. The Labute approximate surface area is 74.1 Å². The van der Waals surface area contributed by atoms with Gasteiger partial charge in [-0.3, -0.25) is 14.6 Å². The summed E-state index contributed by atoms with van der Waals surface area (Å²) >= 11 is 0. The van der Waals surface area contributed by atoms with Crippen LogP contribution >= 0.6 is 0 Å². The van der Waals surface area contributed by atoms with Crippen LogP contribution < -0.4 is 5.73 Å². The fourth-order valence-electron chi connectivity index (χ4n) is 1.22. The quantitative estimate of drug-likeness (QED) is 0.579. The van der Waals surface area contributed by atoms with E-state index in [9.17, 15) is 9.59 Å². The van der Waals surface area contributed by atoms with Crippen LogP contribution in [0.15, 0.2) is 18.3 Å². The van der Waals surface area contributed by atoms with Crippen molar-refractivity contribution in [2.75, 3.05) is 5.73 Å². The predicted octanol–water partition coefficient (Wildman–Crippen LogP) is 0.442. The highest BCUT2D eigenvalue weighted by molar-refractivity contribution is 6.50. The average Bonchev–Trinajstić information content (AvgIpc) is 2.12. The number of rotatable bonds is 0. The first-order valence-corrected chi connectivity index (χ1v) is 3.71. The summed E-state index contributed by atoms with van der Waals surface area (Å²) in [6, 6.07) is 1.50. The number of hydrogen-bond donors (Lipinski definition) is 1. The fourth-order valence-corrected chi connectivity index (χ4v) is 1.22. The van der Waals surface area contributed by atoms with Gasteiger partial charge in [-0.25, -0.2) is 0 Å². The molecular weight excluding hydrogens is 168 g/mol. The minimum Gasteiger partial charge on any atom is -0.398 e. The number of fused-ring (bicyclic) bond motifs is 1. The van der Waals surface area contributed by atoms with E-state index < -0.39 is 11.6 Å². The SMILES string of the molecule is Nc1ccnc2c1C(=O)C(=O)C=C2. The zero-order valence-corrected chi connectivity index (χ0v) is 6.65. The van der Waals surface area contributed by atoms with E-state index in [1.807, 2.05) is 0 Å². The lowest BCUT2D eigenvalue weighted by Crippen LogP contribution is -2.18. The Balaban J connectivity index is 2.74. The molecule has 0 radical (unpaired) electrons. The van der Waals surface area contributed by atoms with Gasteiger partial charge in [-0.2, -0.15) is 0 Å². The van der Waals surface area contributed by atoms with Crippen molar-refractivity contribution in [2.24, 2.45) is 0 Å². The lowest BCUT2D eigenvalue weighted by molar-refractivity contribution is -0.110. The Kier molecular flexibility index (Phi) is 1.48. The van der Waals surface area contributed by atoms with Crippen molar-refractivity contribution in [3.8, 4) is 0 Å². The van der Waals surface area contributed by atoms with E-state index in [1.54, 1.807) is 0 Å². The molecule has 1 aliphatic carbocycles. The van der Waals surface area contributed by atoms with Crippen LogP contribution in [0.2, 0.25) is 0 Å². The minimum atomic E-state index is -0.580. The number of ketones is 2. The van der Waals surface area contributed by atoms with E-state index in [0.29, 0.717) is 11.4 Å². The maximum Gasteiger partial charge on any atom is 0.237 e. The maximum absolute atomic E-state index is 11.3. The van der Waals surface area contributed by atoms with Gasteiger partial charge in [0.25, 0.3) is 0 Å². The molecule has 2 rings (SSSR count). The Hall–Kier alpha value is -1.97. The molecule has 0 saturated heterocycles. The molecule has 0 atom stereocenters. The Morgan fingerprint density at radius 3 is 2.77 bits per heavy atom. The highest BCUT2D eigenvalue weighted by Gasteiger charge is 2.23. The van der Waals surface area contributed by atoms with Crippen molar-refractivity contribution in [3.05, 3.63) is 29.6 Å². The molecule has 0 amide bonds. The maximum atomic E-state index is 11.3. The first-order valence-electron chi connectivity index (χ1n) is 3.71. The third-order valence-electron chi connectivity index (χ3n) is 1.86. The van der Waals surface area contributed by atoms with Crippen molar-refractivity contribution in [3.63, 3.8) is 0 Å². The summed E-state index contributed by atoms with van der Waals surface area (Å²) in [6.07, 6.45) is 4.20. The van der Waals surface area contributed by atoms with Gasteiger partial charge in [0, 0.05) is 11.9 Å². The number of pyridine rings is 1. The van der Waals surface area contributed by atoms with Crippen LogP contribution in [0, 0.1) is 0 Å². The molecule has 4 nitrogen and oxygen atoms in total. The summed E-state index contributed by atoms with van der Waals surface area (Å²) in [5, 5.41) is 0. The van der Waals surface area contributed by atoms with Crippen LogP contribution in [0.1, 0.15) is 16.1 Å². The van der Waals surface area contributed by atoms with E-state index in [2.05, 4.69) is 4.98 Å². The standard InChI is InChI=1S/C9H6N2O2/c10-5-3-4-11-6-1-2-7(12)9(13)8(5)6/h1-4H,(H2,10,11). The van der Waals surface area contributed by atoms with E-state index in [-0.39, 0.29) is 5.56 Å². The first kappa shape index (κ1) is 7.67. The number of nitrogens with two attached hydrogens (primary N) is 1. The molecule has 0 unspecified atom stereocenters. The Morgan fingerprint density at radius 2 is 2.00 bits per heavy atom. The third kappa shape index (κ3) is 1.03. The number of carbonyl (C=O) groups excluding carboxylic acids is 2. The zero-order chi connectivity index (χ0) is 9.42. The number of Topliss-reactive ketones (excluding diaryl/α,β-unsaturated/α-hetero) is 1. The first-order chi connectivity index (χ1) is 6.20. The number of nitrogens with zero attached hydrogens (tertiary/aromatic N) is 1. The molecule has 4 heteroatoms. The Bertz CT molecular complexity index is 435. The van der Waals surface area contributed by atoms with Gasteiger partial charge in [0.2, 0.25) is 11.6 Å². The van der Waals surface area contributed by atoms with Gasteiger partial charge >= 0.3 is 0 Å². The summed E-state index contributed by atoms with van der Waals surface area (Å²) in [4.78, 5) is 26.2. The highest BCUT2D eigenvalue weighted by atomic mass is 16.2. The third-order valence-corrected chi connectivity index (χ3v) is 1.86. The molecule has 1 aliphatic rings. The second kappa shape index (κ2) is 2.52. The summed E-state index contributed by atoms with van der Waals surface area (Å²) in [6.45, 7) is 0. The number of allylic oxidation sites excluding steroid dienone is 1. The van der Waals surface area contributed by atoms with Crippen molar-refractivity contribution in [1.29, 1.82) is 0 Å². The monoisotopic (exact) mass is 174 g/mol. The second-order valence-corrected chi connectivity index (χ2v) is 2.69. The van der Waals surface area contributed by atoms with Crippen molar-refractivity contribution in [1.82, 2.24) is 4.98 Å². The molecule has 0 aromatic carbocycles. The van der Waals surface area contributed by atoms with Crippen LogP contribution in [0.5, 0.6) is 0 Å². The fraction of sp³-hybridized carbons (Fsp3) is 0. The van der Waals surface area contributed by atoms with Crippen LogP contribution in [0.3, 0.4) is 0 Å². The molecule has 1 heterocycles. The predicted molar refractivity (Wildman–Crippen MR) is 47.0 cm³/mol. The molecular formula is C9H6N2O2. The van der Waals surface area contributed by atoms with Crippen LogP contribution in [-0.2, 0) is 4.79 Å². The molecule has 0 aliphatic heterocycles. The number of hydrogen-bond acceptors (Lipinski definition) is 4. The molecule has 1 aromatic rings. The molecule has 0 fully saturated rings. The summed E-state index contributed by atoms with van der Waals surface area (Å²) in [5.74, 6) is -1.13. The van der Waals surface area contributed by atoms with E-state index in [0.717, 1.165) is 0 Å². The van der Waals surface area contributed by atoms with Crippen molar-refractivity contribution in [2.45, 2.75) is 0 Å². The minimum absolute atomic E-state index is 0.218. The van der Waals surface area contributed by atoms with Gasteiger partial charge < -0.3 is 5.73 Å². The average molecular weight is 174 g/mol. The summed E-state index contributed by atoms with van der Waals surface area (Å²) < 4.78 is 0. The zero-order valence-electron chi connectivity index (χ0n) is 6.65. The van der Waals surface area contributed by atoms with Gasteiger partial charge in [0.1, 0.15) is 0 Å². The number of anilines is 1. The van der Waals surface area contributed by atoms with E-state index >= 15 is 0 Å². The molecule has 13 heavy (non-hydrogen) atoms. The van der Waals surface area contributed by atoms with Gasteiger partial charge in [-0.05, 0) is 18.2 Å². The number of carbonyl (C=O) groups is 2. The number of nitrogen functional groups attached to an aromatic ring is 1. The summed E-state index contributed by atoms with van der Waals surface area (Å²) in [5.41, 5.74) is 6.53. The molecule has 64 valence electrons. The van der Waals surface area contributed by atoms with Crippen LogP contribution in [0.25, 0.3) is 6.08 Å². The number of aromatic nitrogens is 1. The van der Waals surface area contributed by atoms with Crippen molar-refractivity contribution >= 4 is 23.3 Å². The van der Waals surface area contributed by atoms with E-state index in [1.165, 1.54) is 24.4 Å². The van der Waals surface area contributed by atoms with Gasteiger partial charge in [0.05, 0.1) is 11.3 Å².